The molecule has 2 atom stereocenters. The molecule has 25 heavy (non-hydrogen) atoms. The number of hydrogen-bond donors (Lipinski definition) is 2. The molecule has 1 saturated heterocycles. The molecule has 5 nitrogen and oxygen atoms in total. The number of hydrogen-bond acceptors (Lipinski definition) is 5. The molecule has 1 fully saturated rings. The lowest BCUT2D eigenvalue weighted by atomic mass is 9.94. The Morgan fingerprint density at radius 1 is 1.16 bits per heavy atom. The van der Waals surface area contributed by atoms with Crippen LogP contribution in [0.5, 0.6) is 0 Å². The van der Waals surface area contributed by atoms with Gasteiger partial charge in [-0.1, -0.05) is 36.4 Å². The van der Waals surface area contributed by atoms with Crippen LogP contribution in [0, 0.1) is 5.92 Å². The lowest BCUT2D eigenvalue weighted by molar-refractivity contribution is 0.158. The Morgan fingerprint density at radius 2 is 2.00 bits per heavy atom. The highest BCUT2D eigenvalue weighted by Gasteiger charge is 2.29. The van der Waals surface area contributed by atoms with Gasteiger partial charge in [-0.25, -0.2) is 5.43 Å². The van der Waals surface area contributed by atoms with Gasteiger partial charge in [-0.05, 0) is 24.1 Å². The molecular weight excluding hydrogens is 312 g/mol. The van der Waals surface area contributed by atoms with Crippen LogP contribution in [0.4, 0.5) is 0 Å². The quantitative estimate of drug-likeness (QED) is 0.687. The number of methoxy groups -OCH3 is 1. The highest BCUT2D eigenvalue weighted by atomic mass is 16.5. The lowest BCUT2D eigenvalue weighted by Gasteiger charge is -2.28. The van der Waals surface area contributed by atoms with E-state index in [1.807, 2.05) is 12.3 Å². The molecule has 1 aromatic heterocycles. The molecule has 1 aliphatic rings. The van der Waals surface area contributed by atoms with Crippen molar-refractivity contribution < 1.29 is 4.74 Å². The number of benzene rings is 1. The van der Waals surface area contributed by atoms with Crippen LogP contribution in [0.15, 0.2) is 54.7 Å². The summed E-state index contributed by atoms with van der Waals surface area (Å²) in [6.07, 6.45) is 2.90. The molecule has 2 unspecified atom stereocenters. The van der Waals surface area contributed by atoms with E-state index in [4.69, 9.17) is 4.74 Å². The van der Waals surface area contributed by atoms with E-state index in [0.29, 0.717) is 12.0 Å². The number of nitrogens with zero attached hydrogens (tertiary/aromatic N) is 2. The summed E-state index contributed by atoms with van der Waals surface area (Å²) in [6.45, 7) is 4.69. The number of ether oxygens (including phenoxy) is 1. The van der Waals surface area contributed by atoms with E-state index in [2.05, 4.69) is 63.2 Å². The minimum atomic E-state index is 0.342. The third-order valence-corrected chi connectivity index (χ3v) is 4.68. The van der Waals surface area contributed by atoms with E-state index in [0.717, 1.165) is 44.9 Å². The van der Waals surface area contributed by atoms with Gasteiger partial charge < -0.3 is 4.74 Å². The van der Waals surface area contributed by atoms with Crippen LogP contribution in [-0.4, -0.2) is 43.2 Å². The third kappa shape index (κ3) is 5.34. The predicted molar refractivity (Wildman–Crippen MR) is 99.8 cm³/mol. The van der Waals surface area contributed by atoms with Gasteiger partial charge in [-0.2, -0.15) is 0 Å². The van der Waals surface area contributed by atoms with Crippen LogP contribution in [0.3, 0.4) is 0 Å². The van der Waals surface area contributed by atoms with Crippen molar-refractivity contribution in [1.82, 2.24) is 20.7 Å². The van der Waals surface area contributed by atoms with E-state index in [-0.39, 0.29) is 0 Å². The summed E-state index contributed by atoms with van der Waals surface area (Å²) in [7, 11) is 1.76. The molecule has 2 N–H and O–H groups in total. The van der Waals surface area contributed by atoms with Gasteiger partial charge in [-0.15, -0.1) is 0 Å². The lowest BCUT2D eigenvalue weighted by Crippen LogP contribution is -2.34. The van der Waals surface area contributed by atoms with Gasteiger partial charge in [0.2, 0.25) is 0 Å². The van der Waals surface area contributed by atoms with Crippen LogP contribution >= 0.6 is 0 Å². The molecule has 5 heteroatoms. The average molecular weight is 340 g/mol. The minimum absolute atomic E-state index is 0.342. The van der Waals surface area contributed by atoms with Crippen LogP contribution < -0.4 is 10.9 Å². The monoisotopic (exact) mass is 340 g/mol. The largest absolute Gasteiger partial charge is 0.385 e. The van der Waals surface area contributed by atoms with Crippen molar-refractivity contribution in [3.63, 3.8) is 0 Å². The Morgan fingerprint density at radius 3 is 2.76 bits per heavy atom. The summed E-state index contributed by atoms with van der Waals surface area (Å²) >= 11 is 0. The molecule has 1 aromatic carbocycles. The Balaban J connectivity index is 1.65. The predicted octanol–water partition coefficient (Wildman–Crippen LogP) is 2.39. The van der Waals surface area contributed by atoms with Crippen LogP contribution in [0.2, 0.25) is 0 Å². The van der Waals surface area contributed by atoms with Crippen molar-refractivity contribution in [2.75, 3.05) is 33.4 Å². The summed E-state index contributed by atoms with van der Waals surface area (Å²) in [4.78, 5) is 6.99. The maximum atomic E-state index is 5.24. The Hall–Kier alpha value is -1.79. The molecule has 0 amide bonds. The molecule has 1 aliphatic heterocycles. The molecular formula is C20H28N4O. The molecule has 2 aromatic rings. The zero-order chi connectivity index (χ0) is 17.3. The first-order chi connectivity index (χ1) is 12.4. The van der Waals surface area contributed by atoms with Crippen molar-refractivity contribution in [2.24, 2.45) is 5.92 Å². The summed E-state index contributed by atoms with van der Waals surface area (Å²) in [5.74, 6) is 0.522. The van der Waals surface area contributed by atoms with E-state index >= 15 is 0 Å². The fraction of sp³-hybridized carbons (Fsp3) is 0.450. The summed E-state index contributed by atoms with van der Waals surface area (Å²) in [5, 5.41) is 0. The van der Waals surface area contributed by atoms with E-state index in [1.165, 1.54) is 5.56 Å². The van der Waals surface area contributed by atoms with Crippen molar-refractivity contribution in [2.45, 2.75) is 19.0 Å². The van der Waals surface area contributed by atoms with Crippen LogP contribution in [-0.2, 0) is 11.3 Å². The second kappa shape index (κ2) is 9.63. The van der Waals surface area contributed by atoms with Crippen molar-refractivity contribution >= 4 is 0 Å². The fourth-order valence-corrected chi connectivity index (χ4v) is 3.44. The van der Waals surface area contributed by atoms with E-state index < -0.39 is 0 Å². The van der Waals surface area contributed by atoms with Gasteiger partial charge >= 0.3 is 0 Å². The van der Waals surface area contributed by atoms with Gasteiger partial charge in [-0.3, -0.25) is 15.3 Å². The second-order valence-electron chi connectivity index (χ2n) is 6.58. The molecule has 0 saturated carbocycles. The van der Waals surface area contributed by atoms with Gasteiger partial charge in [0.15, 0.2) is 0 Å². The highest BCUT2D eigenvalue weighted by Crippen LogP contribution is 2.25. The third-order valence-electron chi connectivity index (χ3n) is 4.68. The van der Waals surface area contributed by atoms with Gasteiger partial charge in [0.25, 0.3) is 0 Å². The van der Waals surface area contributed by atoms with E-state index in [9.17, 15) is 0 Å². The number of hydrazine groups is 1. The number of pyridine rings is 1. The van der Waals surface area contributed by atoms with Crippen LogP contribution in [0.1, 0.15) is 23.7 Å². The second-order valence-corrected chi connectivity index (χ2v) is 6.58. The van der Waals surface area contributed by atoms with Gasteiger partial charge in [0, 0.05) is 52.0 Å². The van der Waals surface area contributed by atoms with Gasteiger partial charge in [0.1, 0.15) is 0 Å². The summed E-state index contributed by atoms with van der Waals surface area (Å²) < 4.78 is 5.24. The van der Waals surface area contributed by atoms with Crippen molar-refractivity contribution in [1.29, 1.82) is 0 Å². The molecule has 3 rings (SSSR count). The molecule has 0 radical (unpaired) electrons. The minimum Gasteiger partial charge on any atom is -0.385 e. The Bertz CT molecular complexity index is 608. The first-order valence-corrected chi connectivity index (χ1v) is 9.01. The van der Waals surface area contributed by atoms with Gasteiger partial charge in [0.05, 0.1) is 11.7 Å². The van der Waals surface area contributed by atoms with E-state index in [1.54, 1.807) is 7.11 Å². The maximum Gasteiger partial charge on any atom is 0.0543 e. The summed E-state index contributed by atoms with van der Waals surface area (Å²) in [5.41, 5.74) is 9.24. The van der Waals surface area contributed by atoms with Crippen molar-refractivity contribution in [3.8, 4) is 0 Å². The SMILES string of the molecule is COCCCN(Cc1ccccn1)CC1CNNC1c1ccccc1. The molecule has 2 heterocycles. The first-order valence-electron chi connectivity index (χ1n) is 9.01. The highest BCUT2D eigenvalue weighted by molar-refractivity contribution is 5.20. The molecule has 0 bridgehead atoms. The number of nitrogens with one attached hydrogen (secondary N) is 2. The standard InChI is InChI=1S/C20H28N4O/c1-25-13-7-12-24(16-19-10-5-6-11-21-19)15-18-14-22-23-20(18)17-8-3-2-4-9-17/h2-6,8-11,18,20,22-23H,7,12-16H2,1H3. The first kappa shape index (κ1) is 18.0. The Labute approximate surface area is 150 Å². The molecule has 0 aliphatic carbocycles. The van der Waals surface area contributed by atoms with Crippen molar-refractivity contribution in [3.05, 3.63) is 66.0 Å². The zero-order valence-electron chi connectivity index (χ0n) is 14.9. The Kier molecular flexibility index (Phi) is 6.94. The maximum absolute atomic E-state index is 5.24. The van der Waals surface area contributed by atoms with Crippen LogP contribution in [0.25, 0.3) is 0 Å². The smallest absolute Gasteiger partial charge is 0.0543 e. The topological polar surface area (TPSA) is 49.4 Å². The number of aromatic nitrogens is 1. The normalized spacial score (nSPS) is 20.2. The zero-order valence-corrected chi connectivity index (χ0v) is 14.9. The fourth-order valence-electron chi connectivity index (χ4n) is 3.44. The number of rotatable bonds is 9. The summed E-state index contributed by atoms with van der Waals surface area (Å²) in [6, 6.07) is 17.2. The average Bonchev–Trinajstić information content (AvgIpc) is 3.11. The molecule has 0 spiro atoms. The molecule has 134 valence electrons.